The number of carbonyl (C=O) groups is 5. The van der Waals surface area contributed by atoms with E-state index in [4.69, 9.17) is 5.73 Å². The normalized spacial score (nSPS) is 34.3. The van der Waals surface area contributed by atoms with Crippen LogP contribution in [0.1, 0.15) is 48.2 Å². The third-order valence-electron chi connectivity index (χ3n) is 8.06. The van der Waals surface area contributed by atoms with Gasteiger partial charge in [-0.25, -0.2) is 0 Å². The predicted octanol–water partition coefficient (Wildman–Crippen LogP) is -0.770. The van der Waals surface area contributed by atoms with Crippen LogP contribution in [0, 0.1) is 23.2 Å². The Balaban J connectivity index is 1.93. The Labute approximate surface area is 201 Å². The van der Waals surface area contributed by atoms with E-state index in [9.17, 15) is 39.3 Å². The molecule has 1 aromatic rings. The maximum Gasteiger partial charge on any atom is 0.235 e. The van der Waals surface area contributed by atoms with Crippen LogP contribution in [0.15, 0.2) is 12.1 Å². The fraction of sp³-hybridized carbons (Fsp3) is 0.560. The van der Waals surface area contributed by atoms with Crippen molar-refractivity contribution in [3.63, 3.8) is 0 Å². The third-order valence-corrected chi connectivity index (χ3v) is 8.06. The lowest BCUT2D eigenvalue weighted by molar-refractivity contribution is -0.185. The van der Waals surface area contributed by atoms with Gasteiger partial charge in [0.15, 0.2) is 34.7 Å². The first-order valence-electron chi connectivity index (χ1n) is 11.9. The van der Waals surface area contributed by atoms with E-state index in [1.54, 1.807) is 6.07 Å². The number of phenolic OH excluding ortho intramolecular Hbond substituents is 1. The number of carbonyl (C=O) groups excluding carboxylic acids is 5. The molecule has 3 aliphatic rings. The number of ketones is 4. The van der Waals surface area contributed by atoms with Gasteiger partial charge < -0.3 is 26.4 Å². The van der Waals surface area contributed by atoms with Crippen LogP contribution in [-0.4, -0.2) is 69.2 Å². The Bertz CT molecular complexity index is 1150. The number of primary amides is 1. The van der Waals surface area contributed by atoms with Crippen LogP contribution in [0.4, 0.5) is 0 Å². The van der Waals surface area contributed by atoms with Gasteiger partial charge >= 0.3 is 0 Å². The first-order valence-corrected chi connectivity index (χ1v) is 11.9. The molecular weight excluding hydrogens is 456 g/mol. The number of fused-ring (bicyclic) bond motifs is 3. The van der Waals surface area contributed by atoms with E-state index >= 15 is 0 Å². The van der Waals surface area contributed by atoms with Crippen molar-refractivity contribution in [2.75, 3.05) is 13.2 Å². The van der Waals surface area contributed by atoms with Crippen molar-refractivity contribution in [1.29, 1.82) is 0 Å². The van der Waals surface area contributed by atoms with Gasteiger partial charge in [0.1, 0.15) is 5.75 Å². The number of aliphatic hydroxyl groups is 2. The topological polar surface area (TPSA) is 184 Å². The van der Waals surface area contributed by atoms with Crippen molar-refractivity contribution >= 4 is 29.0 Å². The second-order valence-electron chi connectivity index (χ2n) is 9.92. The Morgan fingerprint density at radius 2 is 1.86 bits per heavy atom. The van der Waals surface area contributed by atoms with Gasteiger partial charge in [-0.3, -0.25) is 24.0 Å². The molecule has 1 aromatic carbocycles. The van der Waals surface area contributed by atoms with Gasteiger partial charge in [0.05, 0.1) is 24.1 Å². The molecule has 6 N–H and O–H groups in total. The highest BCUT2D eigenvalue weighted by Gasteiger charge is 2.72. The summed E-state index contributed by atoms with van der Waals surface area (Å²) in [6, 6.07) is 1.77. The van der Waals surface area contributed by atoms with E-state index in [0.717, 1.165) is 5.56 Å². The molecule has 35 heavy (non-hydrogen) atoms. The van der Waals surface area contributed by atoms with Crippen molar-refractivity contribution in [1.82, 2.24) is 5.32 Å². The molecule has 0 aliphatic heterocycles. The molecule has 2 saturated carbocycles. The highest BCUT2D eigenvalue weighted by Crippen LogP contribution is 2.56. The number of aromatic hydroxyl groups is 1. The molecule has 4 rings (SSSR count). The minimum Gasteiger partial charge on any atom is -0.507 e. The van der Waals surface area contributed by atoms with E-state index in [1.807, 2.05) is 13.8 Å². The quantitative estimate of drug-likeness (QED) is 0.322. The van der Waals surface area contributed by atoms with Crippen LogP contribution in [0.2, 0.25) is 0 Å². The van der Waals surface area contributed by atoms with Crippen molar-refractivity contribution in [3.05, 3.63) is 28.8 Å². The van der Waals surface area contributed by atoms with Crippen LogP contribution in [0.3, 0.4) is 0 Å². The van der Waals surface area contributed by atoms with Crippen molar-refractivity contribution in [2.24, 2.45) is 28.9 Å². The molecule has 10 heteroatoms. The second kappa shape index (κ2) is 8.61. The standard InChI is InChI=1S/C25H30N2O8/c1-3-7-27-18-13-9-24(10-28)8-12-11(4-2)5-6-14(29)15(12)19(30)17(24)22(33)25(13,35)21(32)16(20(18)31)23(26)34/h5-6,13,16-18,27-29,35H,3-4,7-10H2,1-2H3,(H2,26,34). The van der Waals surface area contributed by atoms with E-state index in [2.05, 4.69) is 5.32 Å². The summed E-state index contributed by atoms with van der Waals surface area (Å²) in [5, 5.41) is 35.6. The van der Waals surface area contributed by atoms with Crippen LogP contribution in [0.25, 0.3) is 0 Å². The molecule has 0 radical (unpaired) electrons. The predicted molar refractivity (Wildman–Crippen MR) is 121 cm³/mol. The molecule has 6 unspecified atom stereocenters. The zero-order chi connectivity index (χ0) is 25.9. The third kappa shape index (κ3) is 3.30. The lowest BCUT2D eigenvalue weighted by atomic mass is 9.47. The molecule has 188 valence electrons. The number of aliphatic hydroxyl groups excluding tert-OH is 1. The van der Waals surface area contributed by atoms with Gasteiger partial charge in [0.2, 0.25) is 5.91 Å². The van der Waals surface area contributed by atoms with Crippen molar-refractivity contribution in [2.45, 2.75) is 51.2 Å². The molecule has 2 fully saturated rings. The number of hydrogen-bond donors (Lipinski definition) is 5. The van der Waals surface area contributed by atoms with Crippen molar-refractivity contribution in [3.8, 4) is 5.75 Å². The first-order chi connectivity index (χ1) is 16.5. The number of phenols is 1. The molecule has 0 aromatic heterocycles. The van der Waals surface area contributed by atoms with E-state index in [0.29, 0.717) is 24.9 Å². The largest absolute Gasteiger partial charge is 0.507 e. The molecule has 10 nitrogen and oxygen atoms in total. The first kappa shape index (κ1) is 25.2. The van der Waals surface area contributed by atoms with Crippen LogP contribution in [0.5, 0.6) is 5.75 Å². The molecule has 0 heterocycles. The summed E-state index contributed by atoms with van der Waals surface area (Å²) in [4.78, 5) is 66.1. The Morgan fingerprint density at radius 1 is 1.17 bits per heavy atom. The Hall–Kier alpha value is -2.95. The highest BCUT2D eigenvalue weighted by molar-refractivity contribution is 6.32. The lowest BCUT2D eigenvalue weighted by Crippen LogP contribution is -2.76. The second-order valence-corrected chi connectivity index (χ2v) is 9.92. The number of hydrogen-bond acceptors (Lipinski definition) is 9. The van der Waals surface area contributed by atoms with Crippen LogP contribution < -0.4 is 11.1 Å². The summed E-state index contributed by atoms with van der Waals surface area (Å²) in [5.74, 6) is -10.8. The number of nitrogens with two attached hydrogens (primary N) is 1. The average molecular weight is 487 g/mol. The highest BCUT2D eigenvalue weighted by atomic mass is 16.3. The molecule has 0 spiro atoms. The fourth-order valence-electron chi connectivity index (χ4n) is 6.35. The van der Waals surface area contributed by atoms with Gasteiger partial charge in [-0.2, -0.15) is 0 Å². The van der Waals surface area contributed by atoms with Gasteiger partial charge in [0, 0.05) is 11.3 Å². The number of rotatable bonds is 6. The zero-order valence-corrected chi connectivity index (χ0v) is 19.7. The minimum absolute atomic E-state index is 0.0350. The van der Waals surface area contributed by atoms with E-state index < -0.39 is 70.5 Å². The van der Waals surface area contributed by atoms with Gasteiger partial charge in [-0.05, 0) is 49.4 Å². The Morgan fingerprint density at radius 3 is 2.43 bits per heavy atom. The number of benzene rings is 1. The van der Waals surface area contributed by atoms with Crippen molar-refractivity contribution < 1.29 is 39.3 Å². The number of Topliss-reactive ketones (excluding diaryl/α,β-unsaturated/α-hetero) is 4. The van der Waals surface area contributed by atoms with Gasteiger partial charge in [0.25, 0.3) is 0 Å². The fourth-order valence-corrected chi connectivity index (χ4v) is 6.35. The number of nitrogens with one attached hydrogen (secondary N) is 1. The van der Waals surface area contributed by atoms with E-state index in [1.165, 1.54) is 6.07 Å². The average Bonchev–Trinajstić information content (AvgIpc) is 2.81. The summed E-state index contributed by atoms with van der Waals surface area (Å²) < 4.78 is 0. The molecular formula is C25H30N2O8. The van der Waals surface area contributed by atoms with Crippen LogP contribution in [-0.2, 0) is 32.0 Å². The molecule has 3 aliphatic carbocycles. The zero-order valence-electron chi connectivity index (χ0n) is 19.7. The number of aryl methyl sites for hydroxylation is 1. The summed E-state index contributed by atoms with van der Waals surface area (Å²) >= 11 is 0. The SMILES string of the molecule is CCCNC1C(=O)C(C(N)=O)C(=O)C2(O)C(=O)C3C(=O)c4c(O)ccc(CC)c4CC3(CO)CC12. The summed E-state index contributed by atoms with van der Waals surface area (Å²) in [6.45, 7) is 3.37. The summed E-state index contributed by atoms with van der Waals surface area (Å²) in [7, 11) is 0. The smallest absolute Gasteiger partial charge is 0.235 e. The van der Waals surface area contributed by atoms with E-state index in [-0.39, 0.29) is 24.2 Å². The minimum atomic E-state index is -2.83. The molecule has 0 bridgehead atoms. The maximum atomic E-state index is 13.9. The summed E-state index contributed by atoms with van der Waals surface area (Å²) in [6.07, 6.45) is 0.941. The van der Waals surface area contributed by atoms with Crippen LogP contribution >= 0.6 is 0 Å². The molecule has 6 atom stereocenters. The lowest BCUT2D eigenvalue weighted by Gasteiger charge is -2.56. The summed E-state index contributed by atoms with van der Waals surface area (Å²) in [5.41, 5.74) is 2.29. The van der Waals surface area contributed by atoms with Gasteiger partial charge in [-0.1, -0.05) is 19.9 Å². The molecule has 1 amide bonds. The maximum absolute atomic E-state index is 13.9. The molecule has 0 saturated heterocycles. The Kier molecular flexibility index (Phi) is 6.19. The monoisotopic (exact) mass is 486 g/mol. The number of amides is 1. The van der Waals surface area contributed by atoms with Gasteiger partial charge in [-0.15, -0.1) is 0 Å².